The summed E-state index contributed by atoms with van der Waals surface area (Å²) in [5.74, 6) is 0.674. The second kappa shape index (κ2) is 5.43. The highest BCUT2D eigenvalue weighted by molar-refractivity contribution is 9.10. The van der Waals surface area contributed by atoms with Gasteiger partial charge in [-0.1, -0.05) is 39.7 Å². The van der Waals surface area contributed by atoms with Gasteiger partial charge in [0.1, 0.15) is 12.4 Å². The van der Waals surface area contributed by atoms with Crippen LogP contribution in [0, 0.1) is 0 Å². The third kappa shape index (κ3) is 3.38. The summed E-state index contributed by atoms with van der Waals surface area (Å²) in [5, 5.41) is 0.607. The van der Waals surface area contributed by atoms with Crippen LogP contribution < -0.4 is 10.5 Å². The maximum atomic E-state index is 5.99. The van der Waals surface area contributed by atoms with Crippen molar-refractivity contribution < 1.29 is 4.74 Å². The monoisotopic (exact) mass is 311 g/mol. The van der Waals surface area contributed by atoms with E-state index in [1.54, 1.807) is 6.07 Å². The first kappa shape index (κ1) is 12.3. The predicted octanol–water partition coefficient (Wildman–Crippen LogP) is 4.26. The molecule has 0 unspecified atom stereocenters. The fourth-order valence-electron chi connectivity index (χ4n) is 1.48. The van der Waals surface area contributed by atoms with Gasteiger partial charge in [-0.3, -0.25) is 0 Å². The average molecular weight is 313 g/mol. The number of halogens is 2. The van der Waals surface area contributed by atoms with Gasteiger partial charge in [-0.2, -0.15) is 0 Å². The number of nitrogens with two attached hydrogens (primary N) is 1. The number of hydrogen-bond donors (Lipinski definition) is 1. The van der Waals surface area contributed by atoms with Crippen LogP contribution in [0.2, 0.25) is 5.02 Å². The SMILES string of the molecule is Nc1cc(Br)cc(COc2ccccc2Cl)c1. The second-order valence-corrected chi connectivity index (χ2v) is 4.93. The molecular formula is C13H11BrClNO. The van der Waals surface area contributed by atoms with E-state index in [4.69, 9.17) is 22.1 Å². The summed E-state index contributed by atoms with van der Waals surface area (Å²) in [5.41, 5.74) is 7.45. The Bertz CT molecular complexity index is 510. The lowest BCUT2D eigenvalue weighted by atomic mass is 10.2. The number of anilines is 1. The summed E-state index contributed by atoms with van der Waals surface area (Å²) in [6.07, 6.45) is 0. The lowest BCUT2D eigenvalue weighted by molar-refractivity contribution is 0.306. The highest BCUT2D eigenvalue weighted by atomic mass is 79.9. The van der Waals surface area contributed by atoms with Crippen LogP contribution >= 0.6 is 27.5 Å². The van der Waals surface area contributed by atoms with Crippen LogP contribution in [0.25, 0.3) is 0 Å². The molecule has 0 atom stereocenters. The summed E-state index contributed by atoms with van der Waals surface area (Å²) >= 11 is 9.39. The van der Waals surface area contributed by atoms with Gasteiger partial charge in [0.05, 0.1) is 5.02 Å². The Labute approximate surface area is 113 Å². The summed E-state index contributed by atoms with van der Waals surface area (Å²) in [4.78, 5) is 0. The Morgan fingerprint density at radius 1 is 1.18 bits per heavy atom. The zero-order valence-corrected chi connectivity index (χ0v) is 11.3. The molecule has 2 aromatic carbocycles. The van der Waals surface area contributed by atoms with Crippen molar-refractivity contribution in [1.82, 2.24) is 0 Å². The number of para-hydroxylation sites is 1. The van der Waals surface area contributed by atoms with Crippen LogP contribution in [0.3, 0.4) is 0 Å². The molecule has 0 aliphatic carbocycles. The minimum Gasteiger partial charge on any atom is -0.487 e. The molecule has 2 aromatic rings. The molecule has 2 rings (SSSR count). The van der Waals surface area contributed by atoms with Crippen molar-refractivity contribution in [2.45, 2.75) is 6.61 Å². The largest absolute Gasteiger partial charge is 0.487 e. The Balaban J connectivity index is 2.10. The fourth-order valence-corrected chi connectivity index (χ4v) is 2.23. The van der Waals surface area contributed by atoms with Crippen molar-refractivity contribution in [3.05, 3.63) is 57.5 Å². The maximum Gasteiger partial charge on any atom is 0.138 e. The van der Waals surface area contributed by atoms with Crippen molar-refractivity contribution in [2.75, 3.05) is 5.73 Å². The van der Waals surface area contributed by atoms with Gasteiger partial charge >= 0.3 is 0 Å². The van der Waals surface area contributed by atoms with Gasteiger partial charge in [-0.05, 0) is 35.9 Å². The van der Waals surface area contributed by atoms with Crippen LogP contribution in [0.5, 0.6) is 5.75 Å². The quantitative estimate of drug-likeness (QED) is 0.859. The van der Waals surface area contributed by atoms with E-state index in [0.29, 0.717) is 23.1 Å². The van der Waals surface area contributed by atoms with Crippen molar-refractivity contribution >= 4 is 33.2 Å². The molecule has 0 radical (unpaired) electrons. The van der Waals surface area contributed by atoms with Gasteiger partial charge in [-0.15, -0.1) is 0 Å². The molecule has 0 spiro atoms. The Hall–Kier alpha value is -1.19. The molecule has 0 aliphatic rings. The predicted molar refractivity (Wildman–Crippen MR) is 74.3 cm³/mol. The van der Waals surface area contributed by atoms with Crippen LogP contribution in [0.4, 0.5) is 5.69 Å². The molecule has 2 nitrogen and oxygen atoms in total. The van der Waals surface area contributed by atoms with Gasteiger partial charge in [0.25, 0.3) is 0 Å². The van der Waals surface area contributed by atoms with Crippen LogP contribution in [-0.2, 0) is 6.61 Å². The van der Waals surface area contributed by atoms with Crippen LogP contribution in [0.1, 0.15) is 5.56 Å². The Morgan fingerprint density at radius 2 is 1.94 bits per heavy atom. The summed E-state index contributed by atoms with van der Waals surface area (Å²) < 4.78 is 6.56. The third-order valence-electron chi connectivity index (χ3n) is 2.21. The average Bonchev–Trinajstić information content (AvgIpc) is 2.27. The molecule has 0 aromatic heterocycles. The molecule has 0 heterocycles. The van der Waals surface area contributed by atoms with Crippen LogP contribution in [-0.4, -0.2) is 0 Å². The van der Waals surface area contributed by atoms with Gasteiger partial charge < -0.3 is 10.5 Å². The number of benzene rings is 2. The number of hydrogen-bond acceptors (Lipinski definition) is 2. The summed E-state index contributed by atoms with van der Waals surface area (Å²) in [6, 6.07) is 13.1. The summed E-state index contributed by atoms with van der Waals surface area (Å²) in [7, 11) is 0. The minimum atomic E-state index is 0.438. The highest BCUT2D eigenvalue weighted by Gasteiger charge is 2.02. The zero-order chi connectivity index (χ0) is 12.3. The molecule has 0 aliphatic heterocycles. The molecular weight excluding hydrogens is 302 g/mol. The van der Waals surface area contributed by atoms with Gasteiger partial charge in [-0.25, -0.2) is 0 Å². The van der Waals surface area contributed by atoms with E-state index < -0.39 is 0 Å². The van der Waals surface area contributed by atoms with E-state index in [-0.39, 0.29) is 0 Å². The number of ether oxygens (including phenoxy) is 1. The minimum absolute atomic E-state index is 0.438. The van der Waals surface area contributed by atoms with E-state index in [1.165, 1.54) is 0 Å². The molecule has 0 bridgehead atoms. The van der Waals surface area contributed by atoms with E-state index >= 15 is 0 Å². The van der Waals surface area contributed by atoms with Crippen molar-refractivity contribution in [1.29, 1.82) is 0 Å². The molecule has 0 saturated carbocycles. The third-order valence-corrected chi connectivity index (χ3v) is 2.98. The van der Waals surface area contributed by atoms with Crippen molar-refractivity contribution in [2.24, 2.45) is 0 Å². The summed E-state index contributed by atoms with van der Waals surface area (Å²) in [6.45, 7) is 0.438. The van der Waals surface area contributed by atoms with Crippen molar-refractivity contribution in [3.8, 4) is 5.75 Å². The Morgan fingerprint density at radius 3 is 2.65 bits per heavy atom. The number of rotatable bonds is 3. The standard InChI is InChI=1S/C13H11BrClNO/c14-10-5-9(6-11(16)7-10)8-17-13-4-2-1-3-12(13)15/h1-7H,8,16H2. The normalized spacial score (nSPS) is 10.2. The van der Waals surface area contributed by atoms with E-state index in [1.807, 2.05) is 36.4 Å². The molecule has 0 fully saturated rings. The van der Waals surface area contributed by atoms with E-state index in [9.17, 15) is 0 Å². The number of nitrogen functional groups attached to an aromatic ring is 1. The first-order valence-corrected chi connectivity index (χ1v) is 6.24. The first-order chi connectivity index (χ1) is 8.15. The molecule has 0 saturated heterocycles. The molecule has 2 N–H and O–H groups in total. The van der Waals surface area contributed by atoms with Crippen LogP contribution in [0.15, 0.2) is 46.9 Å². The fraction of sp³-hybridized carbons (Fsp3) is 0.0769. The lowest BCUT2D eigenvalue weighted by Gasteiger charge is -2.08. The van der Waals surface area contributed by atoms with Gasteiger partial charge in [0.2, 0.25) is 0 Å². The smallest absolute Gasteiger partial charge is 0.138 e. The van der Waals surface area contributed by atoms with Gasteiger partial charge in [0.15, 0.2) is 0 Å². The molecule has 0 amide bonds. The Kier molecular flexibility index (Phi) is 3.92. The topological polar surface area (TPSA) is 35.2 Å². The molecule has 17 heavy (non-hydrogen) atoms. The van der Waals surface area contributed by atoms with E-state index in [2.05, 4.69) is 15.9 Å². The zero-order valence-electron chi connectivity index (χ0n) is 8.99. The maximum absolute atomic E-state index is 5.99. The van der Waals surface area contributed by atoms with Crippen molar-refractivity contribution in [3.63, 3.8) is 0 Å². The first-order valence-electron chi connectivity index (χ1n) is 5.07. The highest BCUT2D eigenvalue weighted by Crippen LogP contribution is 2.25. The second-order valence-electron chi connectivity index (χ2n) is 3.61. The molecule has 88 valence electrons. The van der Waals surface area contributed by atoms with Gasteiger partial charge in [0, 0.05) is 10.2 Å². The molecule has 4 heteroatoms. The lowest BCUT2D eigenvalue weighted by Crippen LogP contribution is -1.97. The van der Waals surface area contributed by atoms with E-state index in [0.717, 1.165) is 10.0 Å².